The predicted molar refractivity (Wildman–Crippen MR) is 75.9 cm³/mol. The highest BCUT2D eigenvalue weighted by Gasteiger charge is 2.04. The lowest BCUT2D eigenvalue weighted by Gasteiger charge is -2.11. The van der Waals surface area contributed by atoms with Gasteiger partial charge in [0, 0.05) is 6.42 Å². The van der Waals surface area contributed by atoms with E-state index >= 15 is 0 Å². The van der Waals surface area contributed by atoms with E-state index in [1.54, 1.807) is 7.11 Å². The van der Waals surface area contributed by atoms with E-state index in [4.69, 9.17) is 9.84 Å². The van der Waals surface area contributed by atoms with E-state index in [1.807, 2.05) is 6.92 Å². The Morgan fingerprint density at radius 1 is 1.26 bits per heavy atom. The quantitative estimate of drug-likeness (QED) is 0.708. The average molecular weight is 265 g/mol. The molecule has 0 aliphatic heterocycles. The standard InChI is InChI=1S/C15H23NO3/c1-11-10-14(19-3)12(2)9-13(11)6-8-16-7-4-5-15(17)18/h9-10,16H,4-8H2,1-3H3,(H,17,18). The zero-order chi connectivity index (χ0) is 14.3. The number of hydrogen-bond donors (Lipinski definition) is 2. The van der Waals surface area contributed by atoms with Gasteiger partial charge in [-0.25, -0.2) is 0 Å². The summed E-state index contributed by atoms with van der Waals surface area (Å²) in [6.45, 7) is 5.75. The van der Waals surface area contributed by atoms with Gasteiger partial charge in [0.25, 0.3) is 0 Å². The van der Waals surface area contributed by atoms with Crippen molar-refractivity contribution in [2.24, 2.45) is 0 Å². The molecule has 0 radical (unpaired) electrons. The second kappa shape index (κ2) is 7.79. The highest BCUT2D eigenvalue weighted by atomic mass is 16.5. The minimum absolute atomic E-state index is 0.230. The third kappa shape index (κ3) is 5.30. The molecular weight excluding hydrogens is 242 g/mol. The van der Waals surface area contributed by atoms with Crippen molar-refractivity contribution in [2.45, 2.75) is 33.1 Å². The molecule has 0 fully saturated rings. The summed E-state index contributed by atoms with van der Waals surface area (Å²) in [5.41, 5.74) is 3.69. The van der Waals surface area contributed by atoms with Gasteiger partial charge in [-0.2, -0.15) is 0 Å². The summed E-state index contributed by atoms with van der Waals surface area (Å²) in [4.78, 5) is 10.4. The van der Waals surface area contributed by atoms with Gasteiger partial charge in [-0.1, -0.05) is 6.07 Å². The molecular formula is C15H23NO3. The second-order valence-corrected chi connectivity index (χ2v) is 4.75. The van der Waals surface area contributed by atoms with Crippen molar-refractivity contribution in [3.8, 4) is 5.75 Å². The first kappa shape index (κ1) is 15.5. The number of aliphatic carboxylic acids is 1. The Morgan fingerprint density at radius 2 is 2.00 bits per heavy atom. The van der Waals surface area contributed by atoms with Crippen molar-refractivity contribution >= 4 is 5.97 Å². The summed E-state index contributed by atoms with van der Waals surface area (Å²) in [5.74, 6) is 0.194. The molecule has 0 saturated carbocycles. The fraction of sp³-hybridized carbons (Fsp3) is 0.533. The predicted octanol–water partition coefficient (Wildman–Crippen LogP) is 2.31. The molecule has 106 valence electrons. The molecule has 1 aromatic carbocycles. The van der Waals surface area contributed by atoms with E-state index in [2.05, 4.69) is 24.4 Å². The van der Waals surface area contributed by atoms with Crippen LogP contribution in [-0.2, 0) is 11.2 Å². The molecule has 4 nitrogen and oxygen atoms in total. The van der Waals surface area contributed by atoms with E-state index in [0.717, 1.165) is 30.8 Å². The van der Waals surface area contributed by atoms with Crippen LogP contribution in [0.2, 0.25) is 0 Å². The molecule has 0 aliphatic rings. The zero-order valence-corrected chi connectivity index (χ0v) is 12.0. The lowest BCUT2D eigenvalue weighted by atomic mass is 10.0. The lowest BCUT2D eigenvalue weighted by Crippen LogP contribution is -2.19. The van der Waals surface area contributed by atoms with Crippen molar-refractivity contribution in [1.82, 2.24) is 5.32 Å². The fourth-order valence-electron chi connectivity index (χ4n) is 2.05. The van der Waals surface area contributed by atoms with Gasteiger partial charge in [-0.05, 0) is 62.5 Å². The number of methoxy groups -OCH3 is 1. The maximum absolute atomic E-state index is 10.4. The molecule has 0 aromatic heterocycles. The first-order valence-corrected chi connectivity index (χ1v) is 6.61. The number of carboxylic acid groups (broad SMARTS) is 1. The molecule has 1 rings (SSSR count). The first-order valence-electron chi connectivity index (χ1n) is 6.61. The molecule has 1 aromatic rings. The van der Waals surface area contributed by atoms with E-state index in [-0.39, 0.29) is 6.42 Å². The van der Waals surface area contributed by atoms with E-state index < -0.39 is 5.97 Å². The summed E-state index contributed by atoms with van der Waals surface area (Å²) in [6, 6.07) is 4.22. The highest BCUT2D eigenvalue weighted by Crippen LogP contribution is 2.22. The number of nitrogens with one attached hydrogen (secondary N) is 1. The van der Waals surface area contributed by atoms with Crippen LogP contribution in [0.3, 0.4) is 0 Å². The van der Waals surface area contributed by atoms with E-state index in [1.165, 1.54) is 11.1 Å². The highest BCUT2D eigenvalue weighted by molar-refractivity contribution is 5.66. The number of benzene rings is 1. The number of hydrogen-bond acceptors (Lipinski definition) is 3. The van der Waals surface area contributed by atoms with Crippen molar-refractivity contribution in [1.29, 1.82) is 0 Å². The SMILES string of the molecule is COc1cc(C)c(CCNCCCC(=O)O)cc1C. The Bertz CT molecular complexity index is 430. The Labute approximate surface area is 114 Å². The Hall–Kier alpha value is -1.55. The van der Waals surface area contributed by atoms with Gasteiger partial charge in [0.15, 0.2) is 0 Å². The molecule has 0 unspecified atom stereocenters. The van der Waals surface area contributed by atoms with Gasteiger partial charge >= 0.3 is 5.97 Å². The van der Waals surface area contributed by atoms with Gasteiger partial charge in [0.1, 0.15) is 5.75 Å². The van der Waals surface area contributed by atoms with Crippen molar-refractivity contribution in [3.05, 3.63) is 28.8 Å². The van der Waals surface area contributed by atoms with Crippen LogP contribution in [0.25, 0.3) is 0 Å². The average Bonchev–Trinajstić information content (AvgIpc) is 2.36. The zero-order valence-electron chi connectivity index (χ0n) is 12.0. The number of ether oxygens (including phenoxy) is 1. The van der Waals surface area contributed by atoms with Gasteiger partial charge in [-0.15, -0.1) is 0 Å². The van der Waals surface area contributed by atoms with Crippen molar-refractivity contribution < 1.29 is 14.6 Å². The molecule has 19 heavy (non-hydrogen) atoms. The van der Waals surface area contributed by atoms with Crippen LogP contribution < -0.4 is 10.1 Å². The van der Waals surface area contributed by atoms with Gasteiger partial charge < -0.3 is 15.2 Å². The number of carbonyl (C=O) groups is 1. The largest absolute Gasteiger partial charge is 0.496 e. The molecule has 0 amide bonds. The minimum atomic E-state index is -0.733. The Kier molecular flexibility index (Phi) is 6.36. The maximum Gasteiger partial charge on any atom is 0.303 e. The third-order valence-electron chi connectivity index (χ3n) is 3.17. The Morgan fingerprint density at radius 3 is 2.63 bits per heavy atom. The molecule has 0 atom stereocenters. The van der Waals surface area contributed by atoms with Gasteiger partial charge in [-0.3, -0.25) is 4.79 Å². The molecule has 0 bridgehead atoms. The van der Waals surface area contributed by atoms with E-state index in [0.29, 0.717) is 6.42 Å². The van der Waals surface area contributed by atoms with Crippen LogP contribution >= 0.6 is 0 Å². The summed E-state index contributed by atoms with van der Waals surface area (Å²) in [7, 11) is 1.69. The minimum Gasteiger partial charge on any atom is -0.496 e. The summed E-state index contributed by atoms with van der Waals surface area (Å²) in [6.07, 6.45) is 1.85. The molecule has 0 saturated heterocycles. The molecule has 4 heteroatoms. The first-order chi connectivity index (χ1) is 9.04. The summed E-state index contributed by atoms with van der Waals surface area (Å²) in [5, 5.41) is 11.8. The number of rotatable bonds is 8. The monoisotopic (exact) mass is 265 g/mol. The summed E-state index contributed by atoms with van der Waals surface area (Å²) >= 11 is 0. The molecule has 2 N–H and O–H groups in total. The van der Waals surface area contributed by atoms with Crippen LogP contribution in [0, 0.1) is 13.8 Å². The maximum atomic E-state index is 10.4. The summed E-state index contributed by atoms with van der Waals surface area (Å²) < 4.78 is 5.29. The number of aryl methyl sites for hydroxylation is 2. The molecule has 0 aliphatic carbocycles. The number of carboxylic acids is 1. The van der Waals surface area contributed by atoms with Crippen LogP contribution in [0.4, 0.5) is 0 Å². The second-order valence-electron chi connectivity index (χ2n) is 4.75. The molecule has 0 spiro atoms. The topological polar surface area (TPSA) is 58.6 Å². The van der Waals surface area contributed by atoms with Gasteiger partial charge in [0.05, 0.1) is 7.11 Å². The van der Waals surface area contributed by atoms with Crippen molar-refractivity contribution in [3.63, 3.8) is 0 Å². The van der Waals surface area contributed by atoms with Crippen LogP contribution in [-0.4, -0.2) is 31.3 Å². The Balaban J connectivity index is 2.37. The van der Waals surface area contributed by atoms with Crippen LogP contribution in [0.5, 0.6) is 5.75 Å². The lowest BCUT2D eigenvalue weighted by molar-refractivity contribution is -0.137. The fourth-order valence-corrected chi connectivity index (χ4v) is 2.05. The van der Waals surface area contributed by atoms with Crippen molar-refractivity contribution in [2.75, 3.05) is 20.2 Å². The smallest absolute Gasteiger partial charge is 0.303 e. The van der Waals surface area contributed by atoms with Crippen LogP contribution in [0.15, 0.2) is 12.1 Å². The molecule has 0 heterocycles. The third-order valence-corrected chi connectivity index (χ3v) is 3.17. The van der Waals surface area contributed by atoms with Crippen LogP contribution in [0.1, 0.15) is 29.5 Å². The van der Waals surface area contributed by atoms with E-state index in [9.17, 15) is 4.79 Å². The van der Waals surface area contributed by atoms with Gasteiger partial charge in [0.2, 0.25) is 0 Å². The normalized spacial score (nSPS) is 10.5.